The van der Waals surface area contributed by atoms with E-state index in [4.69, 9.17) is 9.72 Å². The molecule has 0 radical (unpaired) electrons. The first-order valence-corrected chi connectivity index (χ1v) is 25.0. The highest BCUT2D eigenvalue weighted by atomic mass is 16.5. The average Bonchev–Trinajstić information content (AvgIpc) is 3.95. The van der Waals surface area contributed by atoms with Crippen LogP contribution in [-0.4, -0.2) is 127 Å². The highest BCUT2D eigenvalue weighted by Crippen LogP contribution is 2.44. The highest BCUT2D eigenvalue weighted by molar-refractivity contribution is 6.24. The number of hydrogen-bond donors (Lipinski definition) is 3. The average molecular weight is 976 g/mol. The van der Waals surface area contributed by atoms with Gasteiger partial charge in [0, 0.05) is 94.0 Å². The lowest BCUT2D eigenvalue weighted by atomic mass is 9.90. The first-order valence-electron chi connectivity index (χ1n) is 25.0. The summed E-state index contributed by atoms with van der Waals surface area (Å²) in [7, 11) is 1.68. The topological polar surface area (TPSA) is 208 Å². The quantitative estimate of drug-likeness (QED) is 0.188. The van der Waals surface area contributed by atoms with Crippen LogP contribution in [0.4, 0.5) is 28.7 Å². The number of aromatic nitrogens is 4. The normalized spacial score (nSPS) is 23.6. The van der Waals surface area contributed by atoms with Crippen LogP contribution >= 0.6 is 0 Å². The molecule has 72 heavy (non-hydrogen) atoms. The van der Waals surface area contributed by atoms with Gasteiger partial charge in [0.2, 0.25) is 11.8 Å². The lowest BCUT2D eigenvalue weighted by Gasteiger charge is -2.50. The Labute approximate surface area is 415 Å². The molecule has 3 saturated heterocycles. The van der Waals surface area contributed by atoms with Gasteiger partial charge >= 0.3 is 0 Å². The molecule has 19 nitrogen and oxygen atoms in total. The molecule has 1 aliphatic carbocycles. The standard InChI is InChI=1S/C53H57N11O8/c1-29-25-59(32-10-12-61-34(19-32)28-72-44-21-37-36(20-41(44)61)49(68)64(50(37)69)40-6-8-46(66)57-48(40)67)13-14-60(29)33-5-7-45(55-24-33)56-39-17-31(26-58(4)51(39)70)35-9-11-54-47(38(35)27-65)63-16-15-62-42(52(63)71)18-30-22-53(2,3)23-43(30)62/h5,7,9,11,17-18,20-21,24,26,29,32,34,40,65H,6,8,10,12-16,19,22-23,25,27-28H2,1-4H3,(H,55,56)(H,57,66,67)/t29-,32-,34-,40?/m0/s1. The molecule has 4 atom stereocenters. The Balaban J connectivity index is 0.693. The maximum absolute atomic E-state index is 14.0. The number of carbonyl (C=O) groups is 5. The van der Waals surface area contributed by atoms with Gasteiger partial charge in [-0.1, -0.05) is 13.8 Å². The van der Waals surface area contributed by atoms with Crippen molar-refractivity contribution in [3.8, 4) is 16.9 Å². The summed E-state index contributed by atoms with van der Waals surface area (Å²) in [6.07, 6.45) is 9.01. The summed E-state index contributed by atoms with van der Waals surface area (Å²) in [6, 6.07) is 12.4. The third kappa shape index (κ3) is 7.54. The van der Waals surface area contributed by atoms with Crippen LogP contribution in [0.3, 0.4) is 0 Å². The Bertz CT molecular complexity index is 3200. The molecule has 1 unspecified atom stereocenters. The number of hydrogen-bond acceptors (Lipinski definition) is 14. The Kier molecular flexibility index (Phi) is 10.9. The summed E-state index contributed by atoms with van der Waals surface area (Å²) in [4.78, 5) is 98.3. The van der Waals surface area contributed by atoms with Gasteiger partial charge in [0.1, 0.15) is 41.4 Å². The van der Waals surface area contributed by atoms with Crippen molar-refractivity contribution in [2.45, 2.75) is 96.6 Å². The Hall–Kier alpha value is -7.38. The SMILES string of the molecule is C[C@H]1CN([C@H]2CCN3c4cc5c(cc4OC[C@@H]3C2)C(=O)N(C2CCC(=O)NC2=O)C5=O)CCN1c1ccc(Nc2cc(-c3ccnc(N4CCn5c(cc6c5CC(C)(C)C6)C4=O)c3CO)cn(C)c2=O)nc1. The minimum atomic E-state index is -1.03. The molecule has 19 heteroatoms. The largest absolute Gasteiger partial charge is 0.489 e. The number of anilines is 5. The Morgan fingerprint density at radius 3 is 2.44 bits per heavy atom. The van der Waals surface area contributed by atoms with E-state index < -0.39 is 29.7 Å². The first-order chi connectivity index (χ1) is 34.6. The molecule has 5 aromatic rings. The van der Waals surface area contributed by atoms with Crippen LogP contribution in [0.1, 0.15) is 94.5 Å². The lowest BCUT2D eigenvalue weighted by Crippen LogP contribution is -2.59. The number of nitrogens with zero attached hydrogens (tertiary/aromatic N) is 9. The molecule has 1 aromatic carbocycles. The molecule has 10 heterocycles. The van der Waals surface area contributed by atoms with Gasteiger partial charge in [-0.05, 0) is 98.0 Å². The third-order valence-corrected chi connectivity index (χ3v) is 16.0. The number of benzene rings is 1. The van der Waals surface area contributed by atoms with Crippen molar-refractivity contribution in [2.24, 2.45) is 12.5 Å². The van der Waals surface area contributed by atoms with Crippen LogP contribution in [-0.2, 0) is 42.6 Å². The van der Waals surface area contributed by atoms with Gasteiger partial charge in [0.25, 0.3) is 23.3 Å². The van der Waals surface area contributed by atoms with Gasteiger partial charge in [-0.3, -0.25) is 48.8 Å². The van der Waals surface area contributed by atoms with Crippen LogP contribution < -0.4 is 35.6 Å². The van der Waals surface area contributed by atoms with E-state index >= 15 is 0 Å². The second-order valence-corrected chi connectivity index (χ2v) is 21.2. The van der Waals surface area contributed by atoms with Crippen LogP contribution in [0.25, 0.3) is 11.1 Å². The van der Waals surface area contributed by atoms with Gasteiger partial charge in [-0.15, -0.1) is 0 Å². The fourth-order valence-electron chi connectivity index (χ4n) is 12.5. The van der Waals surface area contributed by atoms with Crippen LogP contribution in [0, 0.1) is 5.41 Å². The zero-order valence-corrected chi connectivity index (χ0v) is 40.8. The molecule has 372 valence electrons. The molecule has 3 fully saturated rings. The number of carbonyl (C=O) groups excluding carboxylic acids is 5. The number of amides is 5. The number of piperazine rings is 1. The van der Waals surface area contributed by atoms with Gasteiger partial charge in [-0.25, -0.2) is 9.97 Å². The summed E-state index contributed by atoms with van der Waals surface area (Å²) in [5.41, 5.74) is 7.42. The van der Waals surface area contributed by atoms with Crippen molar-refractivity contribution >= 4 is 58.2 Å². The fraction of sp³-hybridized carbons (Fsp3) is 0.434. The minimum Gasteiger partial charge on any atom is -0.489 e. The number of aliphatic hydroxyl groups is 1. The lowest BCUT2D eigenvalue weighted by molar-refractivity contribution is -0.136. The van der Waals surface area contributed by atoms with E-state index in [1.54, 1.807) is 48.6 Å². The summed E-state index contributed by atoms with van der Waals surface area (Å²) in [5.74, 6) is -0.801. The van der Waals surface area contributed by atoms with Gasteiger partial charge in [0.05, 0.1) is 41.3 Å². The van der Waals surface area contributed by atoms with Gasteiger partial charge < -0.3 is 34.1 Å². The molecule has 12 rings (SSSR count). The van der Waals surface area contributed by atoms with Crippen molar-refractivity contribution < 1.29 is 33.8 Å². The summed E-state index contributed by atoms with van der Waals surface area (Å²) in [6.45, 7) is 11.2. The zero-order valence-electron chi connectivity index (χ0n) is 40.8. The number of ether oxygens (including phenoxy) is 1. The molecular weight excluding hydrogens is 919 g/mol. The molecule has 0 spiro atoms. The predicted octanol–water partition coefficient (Wildman–Crippen LogP) is 4.01. The summed E-state index contributed by atoms with van der Waals surface area (Å²) < 4.78 is 9.92. The molecule has 7 aliphatic rings. The molecule has 5 amide bonds. The van der Waals surface area contributed by atoms with Crippen molar-refractivity contribution in [1.29, 1.82) is 0 Å². The number of rotatable bonds is 8. The van der Waals surface area contributed by atoms with Gasteiger partial charge in [0.15, 0.2) is 0 Å². The molecule has 4 aromatic heterocycles. The number of aliphatic hydroxyl groups excluding tert-OH is 1. The molecule has 0 saturated carbocycles. The first kappa shape index (κ1) is 45.7. The van der Waals surface area contributed by atoms with Crippen molar-refractivity contribution in [1.82, 2.24) is 34.2 Å². The number of fused-ring (bicyclic) bond motifs is 7. The number of piperidine rings is 2. The maximum atomic E-state index is 14.0. The van der Waals surface area contributed by atoms with E-state index in [-0.39, 0.29) is 59.5 Å². The fourth-order valence-corrected chi connectivity index (χ4v) is 12.5. The summed E-state index contributed by atoms with van der Waals surface area (Å²) in [5, 5.41) is 16.3. The van der Waals surface area contributed by atoms with Crippen molar-refractivity contribution in [3.05, 3.63) is 105 Å². The van der Waals surface area contributed by atoms with E-state index in [1.165, 1.54) is 15.8 Å². The van der Waals surface area contributed by atoms with E-state index in [2.05, 4.69) is 55.7 Å². The third-order valence-electron chi connectivity index (χ3n) is 16.0. The number of aryl methyl sites for hydroxylation is 1. The van der Waals surface area contributed by atoms with Crippen LogP contribution in [0.2, 0.25) is 0 Å². The predicted molar refractivity (Wildman–Crippen MR) is 267 cm³/mol. The van der Waals surface area contributed by atoms with E-state index in [0.717, 1.165) is 68.1 Å². The van der Waals surface area contributed by atoms with Crippen LogP contribution in [0.5, 0.6) is 5.75 Å². The van der Waals surface area contributed by atoms with E-state index in [1.807, 2.05) is 24.4 Å². The van der Waals surface area contributed by atoms with Crippen molar-refractivity contribution in [3.63, 3.8) is 0 Å². The molecule has 3 N–H and O–H groups in total. The Morgan fingerprint density at radius 2 is 1.68 bits per heavy atom. The minimum absolute atomic E-state index is 0.0603. The molecule has 0 bridgehead atoms. The Morgan fingerprint density at radius 1 is 0.861 bits per heavy atom. The summed E-state index contributed by atoms with van der Waals surface area (Å²) >= 11 is 0. The second-order valence-electron chi connectivity index (χ2n) is 21.2. The number of nitrogens with one attached hydrogen (secondary N) is 2. The van der Waals surface area contributed by atoms with E-state index in [9.17, 15) is 33.9 Å². The highest BCUT2D eigenvalue weighted by Gasteiger charge is 2.47. The maximum Gasteiger partial charge on any atom is 0.276 e. The molecule has 6 aliphatic heterocycles. The molecular formula is C53H57N11O8. The van der Waals surface area contributed by atoms with Crippen LogP contribution in [0.15, 0.2) is 65.8 Å². The van der Waals surface area contributed by atoms with E-state index in [0.29, 0.717) is 71.2 Å². The second kappa shape index (κ2) is 17.1. The monoisotopic (exact) mass is 975 g/mol. The number of pyridine rings is 3. The number of imide groups is 2. The van der Waals surface area contributed by atoms with Crippen molar-refractivity contribution in [2.75, 3.05) is 59.3 Å². The van der Waals surface area contributed by atoms with Gasteiger partial charge in [-0.2, -0.15) is 0 Å². The smallest absolute Gasteiger partial charge is 0.276 e. The zero-order chi connectivity index (χ0) is 49.9.